The summed E-state index contributed by atoms with van der Waals surface area (Å²) >= 11 is 4.65. The Labute approximate surface area is 218 Å². The monoisotopic (exact) mass is 574 g/mol. The van der Waals surface area contributed by atoms with Crippen molar-refractivity contribution < 1.29 is 18.4 Å². The first-order valence-electron chi connectivity index (χ1n) is 11.4. The molecule has 1 aromatic heterocycles. The molecule has 4 rings (SSSR count). The first-order chi connectivity index (χ1) is 17.3. The second-order valence-electron chi connectivity index (χ2n) is 8.38. The Balaban J connectivity index is 1.50. The summed E-state index contributed by atoms with van der Waals surface area (Å²) < 4.78 is 28.0. The van der Waals surface area contributed by atoms with Gasteiger partial charge < -0.3 is 0 Å². The molecule has 36 heavy (non-hydrogen) atoms. The van der Waals surface area contributed by atoms with Crippen molar-refractivity contribution in [1.82, 2.24) is 20.6 Å². The van der Waals surface area contributed by atoms with Crippen molar-refractivity contribution in [3.8, 4) is 11.3 Å². The van der Waals surface area contributed by atoms with E-state index in [0.717, 1.165) is 37.9 Å². The van der Waals surface area contributed by atoms with Crippen molar-refractivity contribution in [2.24, 2.45) is 0 Å². The first-order valence-corrected chi connectivity index (χ1v) is 14.1. The fraction of sp³-hybridized carbons (Fsp3) is 0.280. The van der Waals surface area contributed by atoms with Gasteiger partial charge in [-0.2, -0.15) is 0 Å². The number of rotatable bonds is 7. The summed E-state index contributed by atoms with van der Waals surface area (Å²) in [5, 5.41) is 6.03. The Morgan fingerprint density at radius 3 is 2.89 bits per heavy atom. The van der Waals surface area contributed by atoms with Crippen molar-refractivity contribution in [3.63, 3.8) is 0 Å². The number of nitrogens with two attached hydrogens (primary N) is 1. The van der Waals surface area contributed by atoms with Crippen LogP contribution in [0.2, 0.25) is 5.02 Å². The van der Waals surface area contributed by atoms with Gasteiger partial charge in [-0.15, -0.1) is 0 Å². The van der Waals surface area contributed by atoms with E-state index < -0.39 is 33.3 Å². The Morgan fingerprint density at radius 1 is 1.22 bits per heavy atom. The molecule has 4 N–H and O–H groups in total. The molecule has 1 amide bonds. The van der Waals surface area contributed by atoms with Crippen LogP contribution in [-0.4, -0.2) is 55.3 Å². The molecule has 0 unspecified atom stereocenters. The van der Waals surface area contributed by atoms with E-state index in [-0.39, 0.29) is 37.9 Å². The summed E-state index contributed by atoms with van der Waals surface area (Å²) in [5.41, 5.74) is 7.11. The number of hydrogen-bond acceptors (Lipinski definition) is 6. The maximum absolute atomic E-state index is 14.2. The van der Waals surface area contributed by atoms with Crippen molar-refractivity contribution in [2.45, 2.75) is 30.5 Å². The number of benzene rings is 2. The summed E-state index contributed by atoms with van der Waals surface area (Å²) in [6.07, 6.45) is 4.37. The predicted octanol–water partition coefficient (Wildman–Crippen LogP) is 3.57. The van der Waals surface area contributed by atoms with E-state index in [4.69, 9.17) is 17.3 Å². The van der Waals surface area contributed by atoms with Gasteiger partial charge in [0.1, 0.15) is 0 Å². The molecule has 0 spiro atoms. The number of aromatic nitrogens is 2. The number of halogens is 3. The average molecular weight is 575 g/mol. The molecule has 0 aliphatic carbocycles. The number of nitrogens with zero attached hydrogens (tertiary/aromatic N) is 2. The van der Waals surface area contributed by atoms with Crippen LogP contribution in [0.3, 0.4) is 0 Å². The average Bonchev–Trinajstić information content (AvgIpc) is 3.15. The summed E-state index contributed by atoms with van der Waals surface area (Å²) in [6, 6.07) is 8.88. The molecule has 1 atom stereocenters. The molecular formula is C25H24AsClF2N5O2. The summed E-state index contributed by atoms with van der Waals surface area (Å²) in [4.78, 5) is 34.2. The van der Waals surface area contributed by atoms with Crippen LogP contribution in [0.4, 0.5) is 14.6 Å². The van der Waals surface area contributed by atoms with E-state index in [1.807, 2.05) is 0 Å². The van der Waals surface area contributed by atoms with Gasteiger partial charge in [0.25, 0.3) is 0 Å². The van der Waals surface area contributed by atoms with Crippen LogP contribution < -0.4 is 16.4 Å². The SMILES string of the molecule is Nc1ncc(-c2cccc(C(=O)[As]Cc3c(F)ccc(Cl)c3F)c2)nc1C(=O)N[C@H]1CCCCNC1. The molecule has 1 aliphatic heterocycles. The van der Waals surface area contributed by atoms with E-state index in [9.17, 15) is 18.4 Å². The van der Waals surface area contributed by atoms with Gasteiger partial charge in [0.15, 0.2) is 0 Å². The van der Waals surface area contributed by atoms with Gasteiger partial charge in [0, 0.05) is 0 Å². The summed E-state index contributed by atoms with van der Waals surface area (Å²) in [5.74, 6) is -1.95. The van der Waals surface area contributed by atoms with Crippen LogP contribution in [0.5, 0.6) is 0 Å². The maximum atomic E-state index is 14.2. The van der Waals surface area contributed by atoms with E-state index in [1.54, 1.807) is 24.3 Å². The van der Waals surface area contributed by atoms with Gasteiger partial charge in [-0.25, -0.2) is 0 Å². The Bertz CT molecular complexity index is 1290. The first kappa shape index (κ1) is 26.2. The number of carbonyl (C=O) groups excluding carboxylic acids is 2. The van der Waals surface area contributed by atoms with E-state index in [0.29, 0.717) is 23.4 Å². The molecule has 0 bridgehead atoms. The normalized spacial score (nSPS) is 16.1. The fourth-order valence-electron chi connectivity index (χ4n) is 3.87. The van der Waals surface area contributed by atoms with Crippen molar-refractivity contribution >= 4 is 43.6 Å². The molecule has 1 radical (unpaired) electrons. The van der Waals surface area contributed by atoms with Gasteiger partial charge in [-0.05, 0) is 13.0 Å². The molecule has 1 aliphatic rings. The Kier molecular flexibility index (Phi) is 8.67. The third-order valence-corrected chi connectivity index (χ3v) is 8.25. The van der Waals surface area contributed by atoms with Gasteiger partial charge in [-0.3, -0.25) is 0 Å². The molecule has 1 fully saturated rings. The van der Waals surface area contributed by atoms with Crippen LogP contribution in [0.15, 0.2) is 42.6 Å². The predicted molar refractivity (Wildman–Crippen MR) is 135 cm³/mol. The molecule has 7 nitrogen and oxygen atoms in total. The van der Waals surface area contributed by atoms with Crippen LogP contribution in [-0.2, 0) is 5.21 Å². The number of hydrogen-bond donors (Lipinski definition) is 3. The van der Waals surface area contributed by atoms with Crippen LogP contribution in [0.25, 0.3) is 11.3 Å². The number of anilines is 1. The van der Waals surface area contributed by atoms with Crippen molar-refractivity contribution in [2.75, 3.05) is 18.8 Å². The topological polar surface area (TPSA) is 110 Å². The quantitative estimate of drug-likeness (QED) is 0.294. The molecule has 1 saturated heterocycles. The minimum atomic E-state index is -1.09. The summed E-state index contributed by atoms with van der Waals surface area (Å²) in [6.45, 7) is 1.60. The second kappa shape index (κ2) is 11.9. The molecule has 3 aromatic rings. The molecule has 187 valence electrons. The second-order valence-corrected chi connectivity index (χ2v) is 11.0. The standard InChI is InChI=1S/C25H24AsClF2N5O2/c27-18-7-8-19(28)17(21(18)29)11-26-23(35)15-5-3-4-14(10-15)20-13-32-24(30)22(34-20)25(36)33-16-6-1-2-9-31-12-16/h3-5,7-8,10,13,16,31H,1-2,6,9,11-12H2,(H2,30,32)(H,33,36)/t16-/m0/s1. The number of nitrogens with one attached hydrogen (secondary N) is 2. The van der Waals surface area contributed by atoms with Gasteiger partial charge in [0.2, 0.25) is 0 Å². The fourth-order valence-corrected chi connectivity index (χ4v) is 5.96. The van der Waals surface area contributed by atoms with Crippen LogP contribution in [0.1, 0.15) is 45.7 Å². The zero-order valence-corrected chi connectivity index (χ0v) is 21.9. The van der Waals surface area contributed by atoms with E-state index >= 15 is 0 Å². The van der Waals surface area contributed by atoms with Crippen molar-refractivity contribution in [3.05, 3.63) is 76.1 Å². The van der Waals surface area contributed by atoms with E-state index in [2.05, 4.69) is 20.6 Å². The van der Waals surface area contributed by atoms with Gasteiger partial charge in [-0.1, -0.05) is 0 Å². The number of amides is 1. The number of carbonyl (C=O) groups is 2. The number of nitrogen functional groups attached to an aromatic ring is 1. The third kappa shape index (κ3) is 6.27. The summed E-state index contributed by atoms with van der Waals surface area (Å²) in [7, 11) is 0. The molecule has 2 heterocycles. The molecule has 11 heteroatoms. The molecular weight excluding hydrogens is 551 g/mol. The molecule has 2 aromatic carbocycles. The van der Waals surface area contributed by atoms with E-state index in [1.165, 1.54) is 6.20 Å². The zero-order chi connectivity index (χ0) is 25.7. The molecule has 0 saturated carbocycles. The third-order valence-electron chi connectivity index (χ3n) is 5.82. The van der Waals surface area contributed by atoms with Crippen LogP contribution in [0, 0.1) is 11.6 Å². The zero-order valence-electron chi connectivity index (χ0n) is 19.2. The Hall–Kier alpha value is -2.87. The minimum absolute atomic E-state index is 0.0145. The van der Waals surface area contributed by atoms with Gasteiger partial charge in [0.05, 0.1) is 0 Å². The van der Waals surface area contributed by atoms with Gasteiger partial charge >= 0.3 is 206 Å². The van der Waals surface area contributed by atoms with Crippen LogP contribution >= 0.6 is 11.6 Å². The Morgan fingerprint density at radius 2 is 2.06 bits per heavy atom. The van der Waals surface area contributed by atoms with Crippen molar-refractivity contribution in [1.29, 1.82) is 0 Å².